The molecule has 0 bridgehead atoms. The van der Waals surface area contributed by atoms with Gasteiger partial charge in [-0.2, -0.15) is 0 Å². The van der Waals surface area contributed by atoms with Crippen molar-refractivity contribution in [3.05, 3.63) is 113 Å². The molecule has 0 aromatic heterocycles. The molecule has 0 spiro atoms. The molecule has 0 amide bonds. The molecule has 0 saturated heterocycles. The van der Waals surface area contributed by atoms with E-state index in [1.807, 2.05) is 24.3 Å². The van der Waals surface area contributed by atoms with Crippen LogP contribution in [-0.2, 0) is 0 Å². The lowest BCUT2D eigenvalue weighted by molar-refractivity contribution is 0.429. The predicted molar refractivity (Wildman–Crippen MR) is 136 cm³/mol. The Morgan fingerprint density at radius 1 is 1.03 bits per heavy atom. The number of allylic oxidation sites excluding steroid dienone is 7. The van der Waals surface area contributed by atoms with Gasteiger partial charge >= 0.3 is 0 Å². The van der Waals surface area contributed by atoms with E-state index in [0.29, 0.717) is 0 Å². The van der Waals surface area contributed by atoms with Gasteiger partial charge in [-0.15, -0.1) is 0 Å². The molecule has 0 radical (unpaired) electrons. The summed E-state index contributed by atoms with van der Waals surface area (Å²) in [7, 11) is 0. The Labute approximate surface area is 185 Å². The summed E-state index contributed by atoms with van der Waals surface area (Å²) in [6.45, 7) is 25.3. The average Bonchev–Trinajstić information content (AvgIpc) is 2.68. The summed E-state index contributed by atoms with van der Waals surface area (Å²) in [5, 5.41) is 3.64. The Morgan fingerprint density at radius 2 is 1.67 bits per heavy atom. The molecule has 0 heterocycles. The minimum atomic E-state index is -0.137. The molecule has 0 fully saturated rings. The standard InChI is InChI=1S/C29H39N/c1-10-13-19-28(23(5)11-2)24(6)27(12-3)25(7)30-29(8,9)21-22(4)20-26-17-15-14-16-18-26/h10,12-20,30H,1,3,7,11,21H2,2,4-6,8-9H3/b19-13-,22-20-,27-24+,28-23+. The highest BCUT2D eigenvalue weighted by molar-refractivity contribution is 5.54. The van der Waals surface area contributed by atoms with E-state index in [-0.39, 0.29) is 5.54 Å². The van der Waals surface area contributed by atoms with Crippen molar-refractivity contribution in [2.24, 2.45) is 0 Å². The highest BCUT2D eigenvalue weighted by Crippen LogP contribution is 2.27. The first-order chi connectivity index (χ1) is 14.1. The Kier molecular flexibility index (Phi) is 10.1. The number of benzene rings is 1. The Hall–Kier alpha value is -2.80. The molecule has 0 aliphatic carbocycles. The molecule has 0 saturated carbocycles. The summed E-state index contributed by atoms with van der Waals surface area (Å²) >= 11 is 0. The van der Waals surface area contributed by atoms with Gasteiger partial charge < -0.3 is 5.32 Å². The summed E-state index contributed by atoms with van der Waals surface area (Å²) < 4.78 is 0. The van der Waals surface area contributed by atoms with Gasteiger partial charge in [0, 0.05) is 11.2 Å². The second-order valence-corrected chi connectivity index (χ2v) is 8.45. The second kappa shape index (κ2) is 12.0. The molecular formula is C29H39N. The third-order valence-electron chi connectivity index (χ3n) is 5.15. The molecule has 30 heavy (non-hydrogen) atoms. The highest BCUT2D eigenvalue weighted by atomic mass is 15.0. The molecule has 0 aliphatic heterocycles. The summed E-state index contributed by atoms with van der Waals surface area (Å²) in [5.74, 6) is 0. The van der Waals surface area contributed by atoms with E-state index in [4.69, 9.17) is 0 Å². The summed E-state index contributed by atoms with van der Waals surface area (Å²) in [5.41, 5.74) is 8.08. The highest BCUT2D eigenvalue weighted by Gasteiger charge is 2.20. The molecule has 0 aliphatic rings. The van der Waals surface area contributed by atoms with Crippen molar-refractivity contribution in [2.45, 2.75) is 59.9 Å². The largest absolute Gasteiger partial charge is 0.380 e. The molecule has 1 rings (SSSR count). The van der Waals surface area contributed by atoms with Gasteiger partial charge in [0.25, 0.3) is 0 Å². The zero-order valence-electron chi connectivity index (χ0n) is 19.8. The van der Waals surface area contributed by atoms with Gasteiger partial charge in [-0.05, 0) is 69.7 Å². The molecule has 1 aromatic carbocycles. The van der Waals surface area contributed by atoms with Crippen LogP contribution in [0.5, 0.6) is 0 Å². The van der Waals surface area contributed by atoms with Crippen molar-refractivity contribution in [1.29, 1.82) is 0 Å². The molecule has 1 nitrogen and oxygen atoms in total. The first kappa shape index (κ1) is 25.2. The van der Waals surface area contributed by atoms with Gasteiger partial charge in [-0.1, -0.05) is 98.5 Å². The maximum absolute atomic E-state index is 4.34. The monoisotopic (exact) mass is 401 g/mol. The van der Waals surface area contributed by atoms with Crippen LogP contribution in [0.25, 0.3) is 6.08 Å². The third-order valence-corrected chi connectivity index (χ3v) is 5.15. The first-order valence-corrected chi connectivity index (χ1v) is 10.7. The summed E-state index contributed by atoms with van der Waals surface area (Å²) in [6.07, 6.45) is 12.0. The second-order valence-electron chi connectivity index (χ2n) is 8.45. The van der Waals surface area contributed by atoms with Gasteiger partial charge in [0.05, 0.1) is 0 Å². The van der Waals surface area contributed by atoms with Gasteiger partial charge in [-0.25, -0.2) is 0 Å². The van der Waals surface area contributed by atoms with E-state index in [2.05, 4.69) is 103 Å². The van der Waals surface area contributed by atoms with Crippen molar-refractivity contribution in [1.82, 2.24) is 5.32 Å². The van der Waals surface area contributed by atoms with E-state index in [1.165, 1.54) is 27.9 Å². The van der Waals surface area contributed by atoms with Crippen LogP contribution >= 0.6 is 0 Å². The Bertz CT molecular complexity index is 870. The topological polar surface area (TPSA) is 12.0 Å². The van der Waals surface area contributed by atoms with Crippen LogP contribution < -0.4 is 5.32 Å². The van der Waals surface area contributed by atoms with E-state index in [0.717, 1.165) is 24.1 Å². The lowest BCUT2D eigenvalue weighted by Gasteiger charge is -2.30. The van der Waals surface area contributed by atoms with Crippen molar-refractivity contribution >= 4 is 6.08 Å². The smallest absolute Gasteiger partial charge is 0.0354 e. The van der Waals surface area contributed by atoms with Crippen molar-refractivity contribution in [2.75, 3.05) is 0 Å². The lowest BCUT2D eigenvalue weighted by Crippen LogP contribution is -2.39. The van der Waals surface area contributed by atoms with E-state index < -0.39 is 0 Å². The van der Waals surface area contributed by atoms with Gasteiger partial charge in [0.15, 0.2) is 0 Å². The fraction of sp³-hybridized carbons (Fsp3) is 0.310. The van der Waals surface area contributed by atoms with Crippen molar-refractivity contribution in [3.8, 4) is 0 Å². The number of hydrogen-bond acceptors (Lipinski definition) is 1. The van der Waals surface area contributed by atoms with Gasteiger partial charge in [0.2, 0.25) is 0 Å². The maximum Gasteiger partial charge on any atom is 0.0354 e. The first-order valence-electron chi connectivity index (χ1n) is 10.7. The third kappa shape index (κ3) is 7.91. The zero-order valence-corrected chi connectivity index (χ0v) is 19.8. The van der Waals surface area contributed by atoms with Crippen LogP contribution in [0.2, 0.25) is 0 Å². The van der Waals surface area contributed by atoms with E-state index in [1.54, 1.807) is 0 Å². The number of rotatable bonds is 11. The molecule has 1 aromatic rings. The molecule has 1 N–H and O–H groups in total. The summed E-state index contributed by atoms with van der Waals surface area (Å²) in [6, 6.07) is 10.4. The average molecular weight is 402 g/mol. The van der Waals surface area contributed by atoms with E-state index in [9.17, 15) is 0 Å². The van der Waals surface area contributed by atoms with Crippen molar-refractivity contribution < 1.29 is 0 Å². The molecular weight excluding hydrogens is 362 g/mol. The van der Waals surface area contributed by atoms with Crippen LogP contribution in [-0.4, -0.2) is 5.54 Å². The van der Waals surface area contributed by atoms with Crippen LogP contribution in [0.4, 0.5) is 0 Å². The normalized spacial score (nSPS) is 14.1. The SMILES string of the molecule is C=C\C=C/C(=C(/C)CC)C(/C)=C(\C=C)C(=C)NC(C)(C)C/C(C)=C\c1ccccc1. The lowest BCUT2D eigenvalue weighted by atomic mass is 9.91. The number of hydrogen-bond donors (Lipinski definition) is 1. The van der Waals surface area contributed by atoms with Crippen LogP contribution in [0.1, 0.15) is 59.9 Å². The fourth-order valence-corrected chi connectivity index (χ4v) is 3.69. The van der Waals surface area contributed by atoms with Crippen LogP contribution in [0.3, 0.4) is 0 Å². The van der Waals surface area contributed by atoms with E-state index >= 15 is 0 Å². The zero-order chi connectivity index (χ0) is 22.7. The van der Waals surface area contributed by atoms with Crippen molar-refractivity contribution in [3.63, 3.8) is 0 Å². The molecule has 0 atom stereocenters. The summed E-state index contributed by atoms with van der Waals surface area (Å²) in [4.78, 5) is 0. The van der Waals surface area contributed by atoms with Gasteiger partial charge in [-0.3, -0.25) is 0 Å². The Morgan fingerprint density at radius 3 is 2.20 bits per heavy atom. The fourth-order valence-electron chi connectivity index (χ4n) is 3.69. The molecule has 1 heteroatoms. The predicted octanol–water partition coefficient (Wildman–Crippen LogP) is 8.33. The van der Waals surface area contributed by atoms with Gasteiger partial charge in [0.1, 0.15) is 0 Å². The quantitative estimate of drug-likeness (QED) is 0.367. The Balaban J connectivity index is 3.12. The molecule has 0 unspecified atom stereocenters. The molecule has 160 valence electrons. The maximum atomic E-state index is 4.34. The number of nitrogens with one attached hydrogen (secondary N) is 1. The minimum Gasteiger partial charge on any atom is -0.380 e. The van der Waals surface area contributed by atoms with Crippen LogP contribution in [0, 0.1) is 0 Å². The minimum absolute atomic E-state index is 0.137. The van der Waals surface area contributed by atoms with Crippen LogP contribution in [0.15, 0.2) is 108 Å².